The van der Waals surface area contributed by atoms with Gasteiger partial charge in [0, 0.05) is 24.2 Å². The predicted molar refractivity (Wildman–Crippen MR) is 104 cm³/mol. The maximum absolute atomic E-state index is 12.6. The van der Waals surface area contributed by atoms with Crippen molar-refractivity contribution in [2.45, 2.75) is 31.9 Å². The smallest absolute Gasteiger partial charge is 0.329 e. The second kappa shape index (κ2) is 10.4. The van der Waals surface area contributed by atoms with Crippen molar-refractivity contribution in [3.8, 4) is 0 Å². The molecule has 2 rings (SSSR count). The van der Waals surface area contributed by atoms with Gasteiger partial charge in [-0.15, -0.1) is 0 Å². The van der Waals surface area contributed by atoms with E-state index in [9.17, 15) is 14.4 Å². The first-order valence-electron chi connectivity index (χ1n) is 9.22. The molecule has 10 heteroatoms. The topological polar surface area (TPSA) is 144 Å². The molecule has 1 heterocycles. The number of ether oxygens (including phenoxy) is 1. The van der Waals surface area contributed by atoms with Crippen LogP contribution in [0.15, 0.2) is 29.4 Å². The van der Waals surface area contributed by atoms with Gasteiger partial charge in [-0.05, 0) is 31.9 Å². The van der Waals surface area contributed by atoms with E-state index in [2.05, 4.69) is 15.3 Å². The number of carbonyl (C=O) groups is 3. The third-order valence-electron chi connectivity index (χ3n) is 4.55. The highest BCUT2D eigenvalue weighted by Gasteiger charge is 2.27. The van der Waals surface area contributed by atoms with E-state index in [4.69, 9.17) is 15.6 Å². The Balaban J connectivity index is 1.85. The Bertz CT molecular complexity index is 756. The number of piperidine rings is 1. The number of oxime groups is 1. The lowest BCUT2D eigenvalue weighted by atomic mass is 10.1. The van der Waals surface area contributed by atoms with E-state index in [0.717, 1.165) is 0 Å². The molecule has 1 aliphatic heterocycles. The number of benzene rings is 1. The average Bonchev–Trinajstić information content (AvgIpc) is 2.72. The summed E-state index contributed by atoms with van der Waals surface area (Å²) in [6.45, 7) is 2.20. The molecule has 0 aliphatic carbocycles. The van der Waals surface area contributed by atoms with Crippen molar-refractivity contribution in [1.82, 2.24) is 10.2 Å². The number of aliphatic carboxylic acids is 1. The van der Waals surface area contributed by atoms with Crippen LogP contribution in [0.3, 0.4) is 0 Å². The number of amidine groups is 1. The summed E-state index contributed by atoms with van der Waals surface area (Å²) < 4.78 is 5.26. The van der Waals surface area contributed by atoms with E-state index in [1.807, 2.05) is 0 Å². The Hall–Kier alpha value is -3.14. The number of hydrogen-bond donors (Lipinski definition) is 3. The fourth-order valence-corrected chi connectivity index (χ4v) is 2.99. The third-order valence-corrected chi connectivity index (χ3v) is 4.55. The summed E-state index contributed by atoms with van der Waals surface area (Å²) in [6, 6.07) is 5.76. The van der Waals surface area contributed by atoms with E-state index in [-0.39, 0.29) is 30.4 Å². The van der Waals surface area contributed by atoms with E-state index in [0.29, 0.717) is 37.1 Å². The first-order chi connectivity index (χ1) is 13.8. The molecule has 0 unspecified atom stereocenters. The summed E-state index contributed by atoms with van der Waals surface area (Å²) in [6.07, 6.45) is 0.949. The lowest BCUT2D eigenvalue weighted by molar-refractivity contribution is -0.147. The number of rotatable bonds is 8. The predicted octanol–water partition coefficient (Wildman–Crippen LogP) is 0.164. The van der Waals surface area contributed by atoms with Crippen LogP contribution in [0, 0.1) is 0 Å². The molecule has 1 atom stereocenters. The molecule has 10 nitrogen and oxygen atoms in total. The number of nitrogens with one attached hydrogen (secondary N) is 1. The van der Waals surface area contributed by atoms with Crippen LogP contribution in [0.4, 0.5) is 0 Å². The quantitative estimate of drug-likeness (QED) is 0.317. The number of amides is 2. The molecule has 1 aromatic rings. The molecule has 1 aliphatic rings. The summed E-state index contributed by atoms with van der Waals surface area (Å²) in [5.41, 5.74) is 6.71. The van der Waals surface area contributed by atoms with Gasteiger partial charge in [0.1, 0.15) is 19.8 Å². The molecule has 2 amide bonds. The molecular weight excluding hydrogens is 380 g/mol. The highest BCUT2D eigenvalue weighted by molar-refractivity contribution is 6.00. The second-order valence-electron chi connectivity index (χ2n) is 6.66. The van der Waals surface area contributed by atoms with Gasteiger partial charge in [-0.25, -0.2) is 4.79 Å². The molecule has 0 saturated carbocycles. The number of carboxylic acid groups (broad SMARTS) is 1. The number of nitrogens with two attached hydrogens (primary N) is 1. The first kappa shape index (κ1) is 22.2. The number of likely N-dealkylation sites (tertiary alicyclic amines) is 1. The average molecular weight is 406 g/mol. The van der Waals surface area contributed by atoms with Gasteiger partial charge in [0.2, 0.25) is 5.91 Å². The lowest BCUT2D eigenvalue weighted by Crippen LogP contribution is -2.50. The van der Waals surface area contributed by atoms with Crippen LogP contribution in [0.5, 0.6) is 0 Å². The van der Waals surface area contributed by atoms with Crippen LogP contribution in [-0.4, -0.2) is 72.6 Å². The van der Waals surface area contributed by atoms with Crippen LogP contribution in [-0.2, 0) is 19.2 Å². The molecule has 4 N–H and O–H groups in total. The number of hydrogen-bond acceptors (Lipinski definition) is 6. The van der Waals surface area contributed by atoms with Gasteiger partial charge in [-0.2, -0.15) is 0 Å². The molecule has 0 radical (unpaired) electrons. The molecule has 158 valence electrons. The highest BCUT2D eigenvalue weighted by atomic mass is 16.6. The van der Waals surface area contributed by atoms with Crippen LogP contribution in [0.25, 0.3) is 0 Å². The van der Waals surface area contributed by atoms with Crippen molar-refractivity contribution < 1.29 is 29.1 Å². The highest BCUT2D eigenvalue weighted by Crippen LogP contribution is 2.15. The molecule has 0 aromatic heterocycles. The van der Waals surface area contributed by atoms with Gasteiger partial charge in [0.25, 0.3) is 5.91 Å². The Labute approximate surface area is 168 Å². The van der Waals surface area contributed by atoms with E-state index < -0.39 is 12.0 Å². The van der Waals surface area contributed by atoms with Crippen molar-refractivity contribution >= 4 is 23.6 Å². The summed E-state index contributed by atoms with van der Waals surface area (Å²) in [5.74, 6) is -1.39. The second-order valence-corrected chi connectivity index (χ2v) is 6.66. The summed E-state index contributed by atoms with van der Waals surface area (Å²) in [7, 11) is 1.39. The lowest BCUT2D eigenvalue weighted by Gasteiger charge is -2.33. The molecular formula is C19H26N4O6. The monoisotopic (exact) mass is 406 g/mol. The Morgan fingerprint density at radius 3 is 2.38 bits per heavy atom. The SMILES string of the molecule is CON=C(N)c1ccc(C(=O)N[C@@H](C)C(=O)N2CCC(OCC(=O)O)CC2)cc1. The minimum absolute atomic E-state index is 0.173. The molecule has 1 saturated heterocycles. The summed E-state index contributed by atoms with van der Waals surface area (Å²) in [4.78, 5) is 41.8. The molecule has 29 heavy (non-hydrogen) atoms. The number of carbonyl (C=O) groups excluding carboxylic acids is 2. The third kappa shape index (κ3) is 6.46. The van der Waals surface area contributed by atoms with Gasteiger partial charge in [-0.1, -0.05) is 17.3 Å². The number of nitrogens with zero attached hydrogens (tertiary/aromatic N) is 2. The van der Waals surface area contributed by atoms with Crippen LogP contribution in [0.2, 0.25) is 0 Å². The Kier molecular flexibility index (Phi) is 7.96. The molecule has 0 bridgehead atoms. The fourth-order valence-electron chi connectivity index (χ4n) is 2.99. The minimum atomic E-state index is -1.01. The zero-order chi connectivity index (χ0) is 21.4. The number of carboxylic acids is 1. The largest absolute Gasteiger partial charge is 0.480 e. The van der Waals surface area contributed by atoms with Crippen molar-refractivity contribution in [1.29, 1.82) is 0 Å². The maximum atomic E-state index is 12.6. The van der Waals surface area contributed by atoms with Crippen molar-refractivity contribution in [2.75, 3.05) is 26.8 Å². The van der Waals surface area contributed by atoms with Crippen molar-refractivity contribution in [3.05, 3.63) is 35.4 Å². The van der Waals surface area contributed by atoms with Gasteiger partial charge in [0.15, 0.2) is 5.84 Å². The van der Waals surface area contributed by atoms with Crippen LogP contribution >= 0.6 is 0 Å². The van der Waals surface area contributed by atoms with Crippen LogP contribution in [0.1, 0.15) is 35.7 Å². The Morgan fingerprint density at radius 1 is 1.24 bits per heavy atom. The maximum Gasteiger partial charge on any atom is 0.329 e. The van der Waals surface area contributed by atoms with Gasteiger partial charge < -0.3 is 30.6 Å². The molecule has 0 spiro atoms. The van der Waals surface area contributed by atoms with Crippen LogP contribution < -0.4 is 11.1 Å². The van der Waals surface area contributed by atoms with Gasteiger partial charge in [0.05, 0.1) is 6.10 Å². The molecule has 1 fully saturated rings. The summed E-state index contributed by atoms with van der Waals surface area (Å²) in [5, 5.41) is 15.0. The van der Waals surface area contributed by atoms with E-state index in [1.165, 1.54) is 7.11 Å². The van der Waals surface area contributed by atoms with Crippen molar-refractivity contribution in [3.63, 3.8) is 0 Å². The zero-order valence-electron chi connectivity index (χ0n) is 16.5. The fraction of sp³-hybridized carbons (Fsp3) is 0.474. The summed E-state index contributed by atoms with van der Waals surface area (Å²) >= 11 is 0. The standard InChI is InChI=1S/C19H26N4O6/c1-12(19(27)23-9-7-15(8-10-23)29-11-16(24)25)21-18(26)14-5-3-13(4-6-14)17(20)22-28-2/h3-6,12,15H,7-11H2,1-2H3,(H2,20,22)(H,21,26)(H,24,25)/t12-/m0/s1. The van der Waals surface area contributed by atoms with E-state index >= 15 is 0 Å². The molecule has 1 aromatic carbocycles. The normalized spacial score (nSPS) is 16.2. The van der Waals surface area contributed by atoms with Crippen molar-refractivity contribution in [2.24, 2.45) is 10.9 Å². The van der Waals surface area contributed by atoms with Gasteiger partial charge >= 0.3 is 5.97 Å². The van der Waals surface area contributed by atoms with Gasteiger partial charge in [-0.3, -0.25) is 9.59 Å². The first-order valence-corrected chi connectivity index (χ1v) is 9.22. The van der Waals surface area contributed by atoms with E-state index in [1.54, 1.807) is 36.1 Å². The zero-order valence-corrected chi connectivity index (χ0v) is 16.5. The minimum Gasteiger partial charge on any atom is -0.480 e. The Morgan fingerprint density at radius 2 is 1.83 bits per heavy atom.